The minimum Gasteiger partial charge on any atom is -0.487 e. The standard InChI is InChI=1S/C17H13FN2O4S/c1-3-15(22)24-16-10(2)25-17-19-12(8-14(21)20(16)17)9-23-13-6-4-11(18)5-7-13/h3-8H,1,9H2,2H3. The number of hydrogen-bond donors (Lipinski definition) is 0. The molecule has 0 N–H and O–H groups in total. The Morgan fingerprint density at radius 2 is 2.12 bits per heavy atom. The molecule has 0 aliphatic carbocycles. The van der Waals surface area contributed by atoms with Gasteiger partial charge in [0.25, 0.3) is 5.56 Å². The number of nitrogens with zero attached hydrogens (tertiary/aromatic N) is 2. The molecule has 0 unspecified atom stereocenters. The average molecular weight is 360 g/mol. The van der Waals surface area contributed by atoms with Crippen molar-refractivity contribution in [3.63, 3.8) is 0 Å². The van der Waals surface area contributed by atoms with Crippen molar-refractivity contribution in [2.75, 3.05) is 0 Å². The summed E-state index contributed by atoms with van der Waals surface area (Å²) in [7, 11) is 0. The molecule has 0 aliphatic heterocycles. The summed E-state index contributed by atoms with van der Waals surface area (Å²) in [5.74, 6) is -0.418. The van der Waals surface area contributed by atoms with Crippen molar-refractivity contribution in [2.24, 2.45) is 0 Å². The van der Waals surface area contributed by atoms with E-state index < -0.39 is 5.97 Å². The Bertz CT molecular complexity index is 1010. The monoisotopic (exact) mass is 360 g/mol. The van der Waals surface area contributed by atoms with Crippen LogP contribution in [0.3, 0.4) is 0 Å². The van der Waals surface area contributed by atoms with Crippen molar-refractivity contribution < 1.29 is 18.7 Å². The van der Waals surface area contributed by atoms with E-state index >= 15 is 0 Å². The first-order valence-electron chi connectivity index (χ1n) is 7.22. The van der Waals surface area contributed by atoms with Crippen LogP contribution in [0.15, 0.2) is 47.8 Å². The van der Waals surface area contributed by atoms with E-state index in [1.54, 1.807) is 6.92 Å². The molecule has 2 heterocycles. The molecule has 1 aromatic carbocycles. The number of carbonyl (C=O) groups excluding carboxylic acids is 1. The van der Waals surface area contributed by atoms with Crippen LogP contribution in [0.1, 0.15) is 10.6 Å². The van der Waals surface area contributed by atoms with Gasteiger partial charge in [-0.25, -0.2) is 18.6 Å². The molecule has 0 bridgehead atoms. The molecule has 128 valence electrons. The zero-order chi connectivity index (χ0) is 18.0. The van der Waals surface area contributed by atoms with Gasteiger partial charge in [-0.15, -0.1) is 0 Å². The summed E-state index contributed by atoms with van der Waals surface area (Å²) in [6.45, 7) is 5.10. The van der Waals surface area contributed by atoms with Crippen LogP contribution in [-0.2, 0) is 11.4 Å². The maximum absolute atomic E-state index is 12.9. The lowest BCUT2D eigenvalue weighted by Crippen LogP contribution is -2.18. The zero-order valence-electron chi connectivity index (χ0n) is 13.2. The van der Waals surface area contributed by atoms with Crippen LogP contribution in [0.4, 0.5) is 4.39 Å². The van der Waals surface area contributed by atoms with Crippen LogP contribution in [0, 0.1) is 12.7 Å². The average Bonchev–Trinajstić information content (AvgIpc) is 2.90. The topological polar surface area (TPSA) is 69.9 Å². The molecule has 0 saturated heterocycles. The Labute approximate surface area is 145 Å². The second kappa shape index (κ2) is 6.86. The lowest BCUT2D eigenvalue weighted by Gasteiger charge is -2.06. The van der Waals surface area contributed by atoms with E-state index in [1.165, 1.54) is 46.1 Å². The summed E-state index contributed by atoms with van der Waals surface area (Å²) in [6.07, 6.45) is 1.02. The van der Waals surface area contributed by atoms with Crippen molar-refractivity contribution in [2.45, 2.75) is 13.5 Å². The van der Waals surface area contributed by atoms with Gasteiger partial charge in [-0.1, -0.05) is 17.9 Å². The Morgan fingerprint density at radius 1 is 1.40 bits per heavy atom. The van der Waals surface area contributed by atoms with Crippen molar-refractivity contribution >= 4 is 22.3 Å². The van der Waals surface area contributed by atoms with Gasteiger partial charge in [0, 0.05) is 12.1 Å². The highest BCUT2D eigenvalue weighted by Crippen LogP contribution is 2.26. The molecule has 6 nitrogen and oxygen atoms in total. The van der Waals surface area contributed by atoms with Gasteiger partial charge in [-0.05, 0) is 31.2 Å². The summed E-state index contributed by atoms with van der Waals surface area (Å²) < 4.78 is 24.7. The normalized spacial score (nSPS) is 10.6. The molecule has 0 radical (unpaired) electrons. The van der Waals surface area contributed by atoms with E-state index in [2.05, 4.69) is 11.6 Å². The molecular formula is C17H13FN2O4S. The summed E-state index contributed by atoms with van der Waals surface area (Å²) in [5, 5.41) is 0. The van der Waals surface area contributed by atoms with E-state index in [-0.39, 0.29) is 23.9 Å². The van der Waals surface area contributed by atoms with Gasteiger partial charge in [0.1, 0.15) is 18.2 Å². The molecular weight excluding hydrogens is 347 g/mol. The Balaban J connectivity index is 1.89. The van der Waals surface area contributed by atoms with E-state index in [0.29, 0.717) is 21.3 Å². The Morgan fingerprint density at radius 3 is 2.80 bits per heavy atom. The van der Waals surface area contributed by atoms with Crippen LogP contribution >= 0.6 is 11.3 Å². The third kappa shape index (κ3) is 3.58. The predicted molar refractivity (Wildman–Crippen MR) is 90.6 cm³/mol. The molecule has 3 aromatic rings. The number of esters is 1. The molecule has 25 heavy (non-hydrogen) atoms. The van der Waals surface area contributed by atoms with Crippen molar-refractivity contribution in [3.8, 4) is 11.6 Å². The van der Waals surface area contributed by atoms with Gasteiger partial charge in [0.15, 0.2) is 4.96 Å². The number of halogens is 1. The van der Waals surface area contributed by atoms with Gasteiger partial charge in [0.2, 0.25) is 5.88 Å². The highest BCUT2D eigenvalue weighted by Gasteiger charge is 2.16. The molecule has 8 heteroatoms. The molecule has 0 spiro atoms. The first-order chi connectivity index (χ1) is 12.0. The number of thiazole rings is 1. The summed E-state index contributed by atoms with van der Waals surface area (Å²) >= 11 is 1.22. The Kier molecular flexibility index (Phi) is 4.62. The number of carbonyl (C=O) groups is 1. The van der Waals surface area contributed by atoms with Gasteiger partial charge >= 0.3 is 5.97 Å². The maximum atomic E-state index is 12.9. The van der Waals surface area contributed by atoms with E-state index in [4.69, 9.17) is 9.47 Å². The fourth-order valence-electron chi connectivity index (χ4n) is 2.12. The van der Waals surface area contributed by atoms with Gasteiger partial charge in [-0.3, -0.25) is 4.79 Å². The summed E-state index contributed by atoms with van der Waals surface area (Å²) in [6, 6.07) is 6.84. The van der Waals surface area contributed by atoms with Crippen LogP contribution in [0.25, 0.3) is 4.96 Å². The molecule has 2 aromatic heterocycles. The highest BCUT2D eigenvalue weighted by molar-refractivity contribution is 7.17. The number of benzene rings is 1. The number of aromatic nitrogens is 2. The van der Waals surface area contributed by atoms with E-state index in [0.717, 1.165) is 6.08 Å². The van der Waals surface area contributed by atoms with Crippen molar-refractivity contribution in [1.29, 1.82) is 0 Å². The molecule has 0 fully saturated rings. The Hall–Kier alpha value is -3.00. The van der Waals surface area contributed by atoms with Crippen molar-refractivity contribution in [3.05, 3.63) is 69.7 Å². The minimum absolute atomic E-state index is 0.0517. The zero-order valence-corrected chi connectivity index (χ0v) is 14.0. The number of aryl methyl sites for hydroxylation is 1. The van der Waals surface area contributed by atoms with Crippen molar-refractivity contribution in [1.82, 2.24) is 9.38 Å². The smallest absolute Gasteiger partial charge is 0.336 e. The molecule has 0 atom stereocenters. The number of ether oxygens (including phenoxy) is 2. The lowest BCUT2D eigenvalue weighted by molar-refractivity contribution is -0.129. The largest absolute Gasteiger partial charge is 0.487 e. The number of hydrogen-bond acceptors (Lipinski definition) is 6. The molecule has 0 saturated carbocycles. The molecule has 0 amide bonds. The fraction of sp³-hybridized carbons (Fsp3) is 0.118. The van der Waals surface area contributed by atoms with Crippen LogP contribution in [-0.4, -0.2) is 15.4 Å². The predicted octanol–water partition coefficient (Wildman–Crippen LogP) is 2.87. The fourth-order valence-corrected chi connectivity index (χ4v) is 3.04. The minimum atomic E-state index is -0.654. The van der Waals surface area contributed by atoms with E-state index in [9.17, 15) is 14.0 Å². The lowest BCUT2D eigenvalue weighted by atomic mass is 10.3. The first-order valence-corrected chi connectivity index (χ1v) is 8.04. The van der Waals surface area contributed by atoms with Gasteiger partial charge in [-0.2, -0.15) is 0 Å². The third-order valence-electron chi connectivity index (χ3n) is 3.25. The SMILES string of the molecule is C=CC(=O)Oc1c(C)sc2nc(COc3ccc(F)cc3)cc(=O)n12. The van der Waals surface area contributed by atoms with Crippen LogP contribution in [0.2, 0.25) is 0 Å². The number of rotatable bonds is 5. The highest BCUT2D eigenvalue weighted by atomic mass is 32.1. The number of fused-ring (bicyclic) bond motifs is 1. The van der Waals surface area contributed by atoms with E-state index in [1.807, 2.05) is 0 Å². The summed E-state index contributed by atoms with van der Waals surface area (Å²) in [4.78, 5) is 29.2. The van der Waals surface area contributed by atoms with Gasteiger partial charge < -0.3 is 9.47 Å². The first kappa shape index (κ1) is 16.8. The third-order valence-corrected chi connectivity index (χ3v) is 4.19. The van der Waals surface area contributed by atoms with Crippen LogP contribution in [0.5, 0.6) is 11.6 Å². The maximum Gasteiger partial charge on any atom is 0.336 e. The van der Waals surface area contributed by atoms with Crippen LogP contribution < -0.4 is 15.0 Å². The quantitative estimate of drug-likeness (QED) is 0.517. The molecule has 3 rings (SSSR count). The molecule has 0 aliphatic rings. The second-order valence-corrected chi connectivity index (χ2v) is 6.22. The second-order valence-electron chi connectivity index (χ2n) is 5.03. The van der Waals surface area contributed by atoms with Gasteiger partial charge in [0.05, 0.1) is 10.6 Å². The summed E-state index contributed by atoms with van der Waals surface area (Å²) in [5.41, 5.74) is 0.0242.